The Morgan fingerprint density at radius 3 is 2.55 bits per heavy atom. The minimum Gasteiger partial charge on any atom is -0.493 e. The van der Waals surface area contributed by atoms with Gasteiger partial charge in [-0.05, 0) is 42.3 Å². The number of hydrogen-bond acceptors (Lipinski definition) is 5. The monoisotopic (exact) mass is 439 g/mol. The molecule has 1 aromatic heterocycles. The predicted molar refractivity (Wildman–Crippen MR) is 120 cm³/mol. The van der Waals surface area contributed by atoms with Crippen LogP contribution >= 0.6 is 11.6 Å². The number of aromatic nitrogens is 2. The van der Waals surface area contributed by atoms with E-state index in [1.54, 1.807) is 31.8 Å². The van der Waals surface area contributed by atoms with Crippen LogP contribution in [0.25, 0.3) is 0 Å². The first kappa shape index (κ1) is 20.7. The summed E-state index contributed by atoms with van der Waals surface area (Å²) in [5, 5.41) is 7.09. The maximum Gasteiger partial charge on any atom is 0.257 e. The third-order valence-corrected chi connectivity index (χ3v) is 5.15. The lowest BCUT2D eigenvalue weighted by atomic mass is 10.1. The smallest absolute Gasteiger partial charge is 0.257 e. The van der Waals surface area contributed by atoms with Gasteiger partial charge in [-0.25, -0.2) is 9.98 Å². The Balaban J connectivity index is 1.74. The maximum absolute atomic E-state index is 12.8. The molecule has 8 nitrogen and oxygen atoms in total. The van der Waals surface area contributed by atoms with E-state index in [-0.39, 0.29) is 5.56 Å². The van der Waals surface area contributed by atoms with E-state index < -0.39 is 6.17 Å². The highest BCUT2D eigenvalue weighted by Gasteiger charge is 2.27. The van der Waals surface area contributed by atoms with Crippen molar-refractivity contribution in [3.8, 4) is 11.5 Å². The van der Waals surface area contributed by atoms with E-state index in [2.05, 4.69) is 20.6 Å². The van der Waals surface area contributed by atoms with Crippen molar-refractivity contribution in [2.75, 3.05) is 19.5 Å². The number of benzene rings is 2. The van der Waals surface area contributed by atoms with Crippen LogP contribution in [0, 0.1) is 6.92 Å². The summed E-state index contributed by atoms with van der Waals surface area (Å²) >= 11 is 5.96. The zero-order chi connectivity index (χ0) is 22.0. The first-order chi connectivity index (χ1) is 15.0. The first-order valence-electron chi connectivity index (χ1n) is 9.63. The van der Waals surface area contributed by atoms with Crippen LogP contribution in [0.3, 0.4) is 0 Å². The van der Waals surface area contributed by atoms with Crippen molar-refractivity contribution in [2.24, 2.45) is 4.99 Å². The molecule has 0 radical (unpaired) electrons. The van der Waals surface area contributed by atoms with E-state index in [1.807, 2.05) is 36.4 Å². The molecule has 1 unspecified atom stereocenters. The minimum atomic E-state index is -0.527. The van der Waals surface area contributed by atoms with E-state index in [1.165, 1.54) is 6.07 Å². The molecule has 0 aliphatic carbocycles. The lowest BCUT2D eigenvalue weighted by Crippen LogP contribution is -2.48. The Morgan fingerprint density at radius 1 is 1.10 bits per heavy atom. The molecule has 160 valence electrons. The second-order valence-electron chi connectivity index (χ2n) is 7.01. The summed E-state index contributed by atoms with van der Waals surface area (Å²) in [6.45, 7) is 2.21. The summed E-state index contributed by atoms with van der Waals surface area (Å²) in [7, 11) is 3.15. The number of methoxy groups -OCH3 is 2. The molecule has 0 bridgehead atoms. The van der Waals surface area contributed by atoms with Gasteiger partial charge in [-0.15, -0.1) is 0 Å². The highest BCUT2D eigenvalue weighted by Crippen LogP contribution is 2.31. The largest absolute Gasteiger partial charge is 0.493 e. The number of rotatable bonds is 5. The van der Waals surface area contributed by atoms with Crippen LogP contribution in [0.4, 0.5) is 5.95 Å². The number of halogens is 1. The van der Waals surface area contributed by atoms with Crippen molar-refractivity contribution in [1.29, 1.82) is 0 Å². The fourth-order valence-corrected chi connectivity index (χ4v) is 3.51. The molecule has 1 atom stereocenters. The zero-order valence-electron chi connectivity index (χ0n) is 17.3. The minimum absolute atomic E-state index is 0.181. The molecule has 0 fully saturated rings. The van der Waals surface area contributed by atoms with Crippen LogP contribution in [0.1, 0.15) is 23.0 Å². The molecule has 2 heterocycles. The van der Waals surface area contributed by atoms with Crippen molar-refractivity contribution in [3.63, 3.8) is 0 Å². The highest BCUT2D eigenvalue weighted by atomic mass is 35.5. The van der Waals surface area contributed by atoms with Crippen molar-refractivity contribution in [1.82, 2.24) is 14.9 Å². The van der Waals surface area contributed by atoms with Gasteiger partial charge in [0.15, 0.2) is 17.5 Å². The molecule has 9 heteroatoms. The molecule has 3 aromatic rings. The molecule has 0 saturated carbocycles. The molecule has 31 heavy (non-hydrogen) atoms. The molecule has 0 spiro atoms. The average molecular weight is 440 g/mol. The number of guanidine groups is 1. The van der Waals surface area contributed by atoms with Crippen molar-refractivity contribution in [3.05, 3.63) is 80.7 Å². The molecule has 0 amide bonds. The van der Waals surface area contributed by atoms with Crippen LogP contribution in [0.15, 0.2) is 58.3 Å². The van der Waals surface area contributed by atoms with E-state index in [9.17, 15) is 4.79 Å². The Hall–Kier alpha value is -3.52. The summed E-state index contributed by atoms with van der Waals surface area (Å²) in [5.41, 5.74) is 2.24. The van der Waals surface area contributed by atoms with Gasteiger partial charge in [-0.3, -0.25) is 14.7 Å². The van der Waals surface area contributed by atoms with Gasteiger partial charge in [0, 0.05) is 16.8 Å². The van der Waals surface area contributed by atoms with Gasteiger partial charge < -0.3 is 14.8 Å². The Morgan fingerprint density at radius 2 is 1.84 bits per heavy atom. The van der Waals surface area contributed by atoms with Gasteiger partial charge in [0.05, 0.1) is 20.8 Å². The van der Waals surface area contributed by atoms with Crippen LogP contribution in [-0.2, 0) is 6.54 Å². The second kappa shape index (κ2) is 8.69. The standard InChI is InChI=1S/C22H22ClN5O3/c1-13-10-19(29)28-20(15-6-9-17(30-2)18(11-15)31-3)26-21(27-22(28)25-13)24-12-14-4-7-16(23)8-5-14/h4-11,20H,12H2,1-3H3,(H2,24,25,26,27). The van der Waals surface area contributed by atoms with Crippen molar-refractivity contribution in [2.45, 2.75) is 19.6 Å². The average Bonchev–Trinajstić information content (AvgIpc) is 2.77. The third-order valence-electron chi connectivity index (χ3n) is 4.90. The van der Waals surface area contributed by atoms with Gasteiger partial charge in [0.25, 0.3) is 5.56 Å². The lowest BCUT2D eigenvalue weighted by Gasteiger charge is -2.31. The number of hydrogen-bond donors (Lipinski definition) is 2. The van der Waals surface area contributed by atoms with Crippen LogP contribution in [-0.4, -0.2) is 29.7 Å². The van der Waals surface area contributed by atoms with Crippen LogP contribution in [0.2, 0.25) is 5.02 Å². The molecule has 2 aromatic carbocycles. The number of aliphatic imine (C=N–C) groups is 1. The van der Waals surface area contributed by atoms with E-state index in [4.69, 9.17) is 21.1 Å². The van der Waals surface area contributed by atoms with E-state index in [0.29, 0.717) is 40.7 Å². The maximum atomic E-state index is 12.8. The van der Waals surface area contributed by atoms with Crippen LogP contribution < -0.4 is 25.7 Å². The zero-order valence-corrected chi connectivity index (χ0v) is 18.1. The highest BCUT2D eigenvalue weighted by molar-refractivity contribution is 6.30. The summed E-state index contributed by atoms with van der Waals surface area (Å²) in [5.74, 6) is 2.09. The van der Waals surface area contributed by atoms with Gasteiger partial charge in [-0.1, -0.05) is 29.8 Å². The molecule has 4 rings (SSSR count). The summed E-state index contributed by atoms with van der Waals surface area (Å²) in [6.07, 6.45) is -0.527. The molecule has 1 aliphatic rings. The van der Waals surface area contributed by atoms with Gasteiger partial charge in [0.2, 0.25) is 5.95 Å². The fraction of sp³-hybridized carbons (Fsp3) is 0.227. The Labute approximate surface area is 184 Å². The topological polar surface area (TPSA) is 89.8 Å². The predicted octanol–water partition coefficient (Wildman–Crippen LogP) is 3.34. The molecular weight excluding hydrogens is 418 g/mol. The normalized spacial score (nSPS) is 16.3. The van der Waals surface area contributed by atoms with E-state index >= 15 is 0 Å². The quantitative estimate of drug-likeness (QED) is 0.633. The summed E-state index contributed by atoms with van der Waals surface area (Å²) < 4.78 is 12.3. The third kappa shape index (κ3) is 4.34. The summed E-state index contributed by atoms with van der Waals surface area (Å²) in [4.78, 5) is 21.9. The SMILES string of the molecule is COc1ccc(C2NC(=NCc3ccc(Cl)cc3)Nc3nc(C)cc(=O)n32)cc1OC. The van der Waals surface area contributed by atoms with Crippen molar-refractivity contribution >= 4 is 23.5 Å². The summed E-state index contributed by atoms with van der Waals surface area (Å²) in [6, 6.07) is 14.5. The number of ether oxygens (including phenoxy) is 2. The first-order valence-corrected chi connectivity index (χ1v) is 10.0. The van der Waals surface area contributed by atoms with Crippen molar-refractivity contribution < 1.29 is 9.47 Å². The number of fused-ring (bicyclic) bond motifs is 1. The lowest BCUT2D eigenvalue weighted by molar-refractivity contribution is 0.353. The molecule has 2 N–H and O–H groups in total. The Bertz CT molecular complexity index is 1190. The van der Waals surface area contributed by atoms with Gasteiger partial charge in [0.1, 0.15) is 6.17 Å². The number of anilines is 1. The number of aryl methyl sites for hydroxylation is 1. The molecule has 0 saturated heterocycles. The fourth-order valence-electron chi connectivity index (χ4n) is 3.38. The number of nitrogens with zero attached hydrogens (tertiary/aromatic N) is 3. The molecule has 1 aliphatic heterocycles. The van der Waals surface area contributed by atoms with Gasteiger partial charge in [-0.2, -0.15) is 0 Å². The van der Waals surface area contributed by atoms with E-state index in [0.717, 1.165) is 11.1 Å². The van der Waals surface area contributed by atoms with Crippen LogP contribution in [0.5, 0.6) is 11.5 Å². The number of nitrogens with one attached hydrogen (secondary N) is 2. The molecular formula is C22H22ClN5O3. The second-order valence-corrected chi connectivity index (χ2v) is 7.44. The Kier molecular flexibility index (Phi) is 5.81. The van der Waals surface area contributed by atoms with Gasteiger partial charge >= 0.3 is 0 Å².